The molecule has 20 heteroatoms. The quantitative estimate of drug-likeness (QED) is 0.0483. The van der Waals surface area contributed by atoms with Crippen LogP contribution in [0.25, 0.3) is 10.9 Å². The molecule has 20 nitrogen and oxygen atoms in total. The Balaban J connectivity index is 1.44. The third-order valence-corrected chi connectivity index (χ3v) is 9.36. The number of carbonyl (C=O) groups is 6. The summed E-state index contributed by atoms with van der Waals surface area (Å²) in [5.41, 5.74) is 13.7. The first-order valence-corrected chi connectivity index (χ1v) is 19.6. The number of guanidine groups is 1. The van der Waals surface area contributed by atoms with Crippen molar-refractivity contribution in [1.29, 1.82) is 0 Å². The Bertz CT molecular complexity index is 2040. The molecule has 1 unspecified atom stereocenters. The molecule has 4 atom stereocenters. The second kappa shape index (κ2) is 23.0. The van der Waals surface area contributed by atoms with Crippen LogP contribution < -0.4 is 43.4 Å². The molecule has 0 radical (unpaired) electrons. The molecule has 1 aliphatic heterocycles. The summed E-state index contributed by atoms with van der Waals surface area (Å²) in [7, 11) is 0. The highest BCUT2D eigenvalue weighted by Crippen LogP contribution is 2.16. The minimum absolute atomic E-state index is 0.00171. The molecule has 12 N–H and O–H groups in total. The van der Waals surface area contributed by atoms with E-state index in [1.54, 1.807) is 30.3 Å². The number of nitrogens with zero attached hydrogens (tertiary/aromatic N) is 2. The van der Waals surface area contributed by atoms with Crippen LogP contribution in [0, 0.1) is 0 Å². The van der Waals surface area contributed by atoms with Gasteiger partial charge in [0.05, 0.1) is 32.7 Å². The zero-order valence-electron chi connectivity index (χ0n) is 33.0. The number of nitrogens with one attached hydrogen (secondary N) is 8. The predicted octanol–water partition coefficient (Wildman–Crippen LogP) is -1.81. The zero-order chi connectivity index (χ0) is 42.7. The molecule has 1 aliphatic rings. The Kier molecular flexibility index (Phi) is 17.0. The second-order valence-corrected chi connectivity index (χ2v) is 14.0. The summed E-state index contributed by atoms with van der Waals surface area (Å²) >= 11 is 0. The molecule has 0 aliphatic carbocycles. The first-order valence-electron chi connectivity index (χ1n) is 19.6. The molecule has 320 valence electrons. The number of aromatic amines is 2. The summed E-state index contributed by atoms with van der Waals surface area (Å²) in [5, 5.41) is 17.1. The SMILES string of the molecule is NC(N)=NCCC[C@@H]1NC(=O)C(Cc2ccccc2)NC(=O)[C@H](Cc2cnc[nH]2)NC(=O)COCCOCCNC(=O)CNC(=O)[C@H](Cc2cc3ccccc3[nH]2)NC1=O. The molecule has 1 saturated heterocycles. The molecule has 3 heterocycles. The topological polar surface area (TPSA) is 302 Å². The number of carbonyl (C=O) groups excluding carboxylic acids is 6. The highest BCUT2D eigenvalue weighted by Gasteiger charge is 2.32. The minimum atomic E-state index is -1.24. The van der Waals surface area contributed by atoms with Crippen LogP contribution in [0.3, 0.4) is 0 Å². The molecule has 5 rings (SSSR count). The highest BCUT2D eigenvalue weighted by atomic mass is 16.5. The second-order valence-electron chi connectivity index (χ2n) is 14.0. The highest BCUT2D eigenvalue weighted by molar-refractivity contribution is 5.96. The van der Waals surface area contributed by atoms with Gasteiger partial charge in [-0.05, 0) is 35.9 Å². The van der Waals surface area contributed by atoms with Crippen molar-refractivity contribution in [2.24, 2.45) is 16.5 Å². The molecular weight excluding hydrogens is 777 g/mol. The summed E-state index contributed by atoms with van der Waals surface area (Å²) in [5.74, 6) is -4.00. The standard InChI is InChI=1S/C40H52N12O8/c41-40(42)45-12-6-11-30-37(56)52-32(19-27-18-26-9-4-5-10-29(26)48-27)36(55)46-22-34(53)44-13-14-59-15-16-60-23-35(54)49-33(20-28-21-43-24-47-28)39(58)51-31(38(57)50-30)17-25-7-2-1-3-8-25/h1-5,7-10,18,21,24,30-33,48H,6,11-17,19-20,22-23H2,(H,43,47)(H,44,53)(H,46,55)(H,49,54)(H,50,57)(H,51,58)(H,52,56)(H4,41,42,45)/t30-,31?,32-,33-/m0/s1. The van der Waals surface area contributed by atoms with Gasteiger partial charge in [-0.2, -0.15) is 0 Å². The Morgan fingerprint density at radius 3 is 2.10 bits per heavy atom. The van der Waals surface area contributed by atoms with Crippen molar-refractivity contribution >= 4 is 52.3 Å². The van der Waals surface area contributed by atoms with Crippen LogP contribution in [0.2, 0.25) is 0 Å². The van der Waals surface area contributed by atoms with E-state index >= 15 is 0 Å². The van der Waals surface area contributed by atoms with Gasteiger partial charge in [-0.3, -0.25) is 33.8 Å². The molecular formula is C40H52N12O8. The number of rotatable bonds is 10. The molecule has 0 bridgehead atoms. The summed E-state index contributed by atoms with van der Waals surface area (Å²) < 4.78 is 10.9. The number of aromatic nitrogens is 3. The Morgan fingerprint density at radius 1 is 0.700 bits per heavy atom. The molecule has 6 amide bonds. The molecule has 4 aromatic rings. The molecule has 2 aromatic carbocycles. The van der Waals surface area contributed by atoms with E-state index in [0.717, 1.165) is 10.9 Å². The first-order chi connectivity index (χ1) is 29.0. The summed E-state index contributed by atoms with van der Waals surface area (Å²) in [6.45, 7) is -0.245. The number of para-hydroxylation sites is 1. The van der Waals surface area contributed by atoms with Crippen LogP contribution >= 0.6 is 0 Å². The van der Waals surface area contributed by atoms with E-state index in [2.05, 4.69) is 51.8 Å². The fourth-order valence-corrected chi connectivity index (χ4v) is 6.38. The van der Waals surface area contributed by atoms with E-state index in [4.69, 9.17) is 20.9 Å². The van der Waals surface area contributed by atoms with Crippen LogP contribution in [-0.4, -0.2) is 127 Å². The average molecular weight is 829 g/mol. The van der Waals surface area contributed by atoms with Crippen molar-refractivity contribution in [3.05, 3.63) is 90.1 Å². The van der Waals surface area contributed by atoms with Crippen molar-refractivity contribution in [2.75, 3.05) is 46.1 Å². The van der Waals surface area contributed by atoms with Crippen molar-refractivity contribution in [1.82, 2.24) is 46.9 Å². The monoisotopic (exact) mass is 828 g/mol. The van der Waals surface area contributed by atoms with Crippen molar-refractivity contribution in [3.63, 3.8) is 0 Å². The Hall–Kier alpha value is -6.80. The fraction of sp³-hybridized carbons (Fsp3) is 0.400. The number of nitrogens with two attached hydrogens (primary N) is 2. The Morgan fingerprint density at radius 2 is 1.37 bits per heavy atom. The van der Waals surface area contributed by atoms with Crippen LogP contribution in [0.15, 0.2) is 78.2 Å². The van der Waals surface area contributed by atoms with E-state index in [1.807, 2.05) is 30.3 Å². The molecule has 1 fully saturated rings. The van der Waals surface area contributed by atoms with Gasteiger partial charge in [-0.15, -0.1) is 0 Å². The van der Waals surface area contributed by atoms with Crippen molar-refractivity contribution in [2.45, 2.75) is 56.3 Å². The maximum atomic E-state index is 14.3. The van der Waals surface area contributed by atoms with Gasteiger partial charge in [0.2, 0.25) is 35.4 Å². The van der Waals surface area contributed by atoms with Crippen molar-refractivity contribution in [3.8, 4) is 0 Å². The lowest BCUT2D eigenvalue weighted by Crippen LogP contribution is -2.59. The lowest BCUT2D eigenvalue weighted by atomic mass is 10.0. The van der Waals surface area contributed by atoms with E-state index in [9.17, 15) is 28.8 Å². The number of fused-ring (bicyclic) bond motifs is 1. The van der Waals surface area contributed by atoms with E-state index in [1.165, 1.54) is 12.5 Å². The molecule has 60 heavy (non-hydrogen) atoms. The number of ether oxygens (including phenoxy) is 2. The van der Waals surface area contributed by atoms with E-state index < -0.39 is 72.8 Å². The minimum Gasteiger partial charge on any atom is -0.377 e. The number of amides is 6. The number of hydrogen-bond acceptors (Lipinski definition) is 10. The van der Waals surface area contributed by atoms with Crippen LogP contribution in [-0.2, 0) is 57.5 Å². The number of aliphatic imine (C=N–C) groups is 1. The lowest BCUT2D eigenvalue weighted by Gasteiger charge is -2.26. The first kappa shape index (κ1) is 44.3. The maximum absolute atomic E-state index is 14.3. The van der Waals surface area contributed by atoms with Gasteiger partial charge in [0.25, 0.3) is 0 Å². The zero-order valence-corrected chi connectivity index (χ0v) is 33.0. The number of H-pyrrole nitrogens is 2. The normalized spacial score (nSPS) is 21.0. The Labute approximate surface area is 345 Å². The summed E-state index contributed by atoms with van der Waals surface area (Å²) in [4.78, 5) is 96.1. The van der Waals surface area contributed by atoms with Crippen molar-refractivity contribution < 1.29 is 38.2 Å². The number of imidazole rings is 1. The third-order valence-electron chi connectivity index (χ3n) is 9.36. The average Bonchev–Trinajstić information content (AvgIpc) is 3.91. The maximum Gasteiger partial charge on any atom is 0.246 e. The number of benzene rings is 2. The largest absolute Gasteiger partial charge is 0.377 e. The summed E-state index contributed by atoms with van der Waals surface area (Å²) in [6, 6.07) is 13.4. The van der Waals surface area contributed by atoms with Crippen LogP contribution in [0.4, 0.5) is 0 Å². The molecule has 0 saturated carbocycles. The van der Waals surface area contributed by atoms with Gasteiger partial charge in [0, 0.05) is 55.5 Å². The van der Waals surface area contributed by atoms with Crippen LogP contribution in [0.5, 0.6) is 0 Å². The van der Waals surface area contributed by atoms with Gasteiger partial charge in [-0.1, -0.05) is 48.5 Å². The number of hydrogen-bond donors (Lipinski definition) is 10. The molecule has 2 aromatic heterocycles. The lowest BCUT2D eigenvalue weighted by molar-refractivity contribution is -0.135. The smallest absolute Gasteiger partial charge is 0.246 e. The van der Waals surface area contributed by atoms with Gasteiger partial charge in [-0.25, -0.2) is 4.98 Å². The van der Waals surface area contributed by atoms with Gasteiger partial charge < -0.3 is 62.8 Å². The van der Waals surface area contributed by atoms with Gasteiger partial charge in [0.1, 0.15) is 30.8 Å². The van der Waals surface area contributed by atoms with Gasteiger partial charge >= 0.3 is 0 Å². The van der Waals surface area contributed by atoms with Gasteiger partial charge in [0.15, 0.2) is 5.96 Å². The van der Waals surface area contributed by atoms with E-state index in [0.29, 0.717) is 17.0 Å². The van der Waals surface area contributed by atoms with Crippen LogP contribution in [0.1, 0.15) is 29.8 Å². The fourth-order valence-electron chi connectivity index (χ4n) is 6.38. The summed E-state index contributed by atoms with van der Waals surface area (Å²) in [6.07, 6.45) is 3.24. The van der Waals surface area contributed by atoms with E-state index in [-0.39, 0.29) is 71.0 Å². The molecule has 0 spiro atoms. The third kappa shape index (κ3) is 14.5. The predicted molar refractivity (Wildman–Crippen MR) is 220 cm³/mol.